The molecule has 1 atom stereocenters. The maximum atomic E-state index is 13.1. The Labute approximate surface area is 159 Å². The SMILES string of the molecule is CC(C)NC(=O)C1CCN(C(=O)N2C[C@@H](C)Oc3ccc(Cl)cc32)CC1. The number of hydrogen-bond acceptors (Lipinski definition) is 3. The van der Waals surface area contributed by atoms with Crippen LogP contribution in [0.25, 0.3) is 0 Å². The molecule has 2 heterocycles. The Morgan fingerprint density at radius 1 is 1.27 bits per heavy atom. The molecule has 2 aliphatic rings. The number of hydrogen-bond donors (Lipinski definition) is 1. The van der Waals surface area contributed by atoms with Crippen LogP contribution in [0, 0.1) is 5.92 Å². The van der Waals surface area contributed by atoms with Gasteiger partial charge in [0.25, 0.3) is 0 Å². The number of piperidine rings is 1. The lowest BCUT2D eigenvalue weighted by Crippen LogP contribution is -2.52. The van der Waals surface area contributed by atoms with Crippen LogP contribution in [0.4, 0.5) is 10.5 Å². The highest BCUT2D eigenvalue weighted by Gasteiger charge is 2.34. The predicted octanol–water partition coefficient (Wildman–Crippen LogP) is 3.28. The molecule has 0 spiro atoms. The molecule has 0 aromatic heterocycles. The normalized spacial score (nSPS) is 20.6. The van der Waals surface area contributed by atoms with Gasteiger partial charge in [-0.15, -0.1) is 0 Å². The molecule has 1 fully saturated rings. The van der Waals surface area contributed by atoms with Gasteiger partial charge in [-0.25, -0.2) is 4.79 Å². The molecule has 1 aromatic rings. The fourth-order valence-electron chi connectivity index (χ4n) is 3.50. The second-order valence-electron chi connectivity index (χ2n) is 7.36. The number of fused-ring (bicyclic) bond motifs is 1. The van der Waals surface area contributed by atoms with E-state index in [-0.39, 0.29) is 30.0 Å². The van der Waals surface area contributed by atoms with Gasteiger partial charge in [0.2, 0.25) is 5.91 Å². The van der Waals surface area contributed by atoms with Gasteiger partial charge < -0.3 is 15.0 Å². The van der Waals surface area contributed by atoms with Crippen LogP contribution in [-0.4, -0.2) is 48.6 Å². The predicted molar refractivity (Wildman–Crippen MR) is 102 cm³/mol. The second kappa shape index (κ2) is 7.74. The van der Waals surface area contributed by atoms with E-state index in [1.54, 1.807) is 23.1 Å². The molecule has 142 valence electrons. The van der Waals surface area contributed by atoms with E-state index in [0.717, 1.165) is 0 Å². The van der Waals surface area contributed by atoms with Crippen molar-refractivity contribution in [2.45, 2.75) is 45.8 Å². The maximum absolute atomic E-state index is 13.1. The summed E-state index contributed by atoms with van der Waals surface area (Å²) < 4.78 is 5.82. The lowest BCUT2D eigenvalue weighted by atomic mass is 9.96. The van der Waals surface area contributed by atoms with Gasteiger partial charge in [-0.1, -0.05) is 11.6 Å². The van der Waals surface area contributed by atoms with Gasteiger partial charge in [0.1, 0.15) is 11.9 Å². The van der Waals surface area contributed by atoms with Crippen LogP contribution in [0.15, 0.2) is 18.2 Å². The van der Waals surface area contributed by atoms with Gasteiger partial charge in [-0.3, -0.25) is 9.69 Å². The van der Waals surface area contributed by atoms with E-state index in [0.29, 0.717) is 48.9 Å². The molecule has 7 heteroatoms. The Bertz CT molecular complexity index is 687. The monoisotopic (exact) mass is 379 g/mol. The average molecular weight is 380 g/mol. The molecule has 26 heavy (non-hydrogen) atoms. The third-order valence-electron chi connectivity index (χ3n) is 4.78. The maximum Gasteiger partial charge on any atom is 0.324 e. The van der Waals surface area contributed by atoms with Gasteiger partial charge >= 0.3 is 6.03 Å². The number of halogens is 1. The van der Waals surface area contributed by atoms with E-state index < -0.39 is 0 Å². The highest BCUT2D eigenvalue weighted by atomic mass is 35.5. The van der Waals surface area contributed by atoms with Gasteiger partial charge in [-0.2, -0.15) is 0 Å². The van der Waals surface area contributed by atoms with Crippen molar-refractivity contribution >= 4 is 29.2 Å². The highest BCUT2D eigenvalue weighted by molar-refractivity contribution is 6.31. The van der Waals surface area contributed by atoms with Crippen LogP contribution in [0.1, 0.15) is 33.6 Å². The van der Waals surface area contributed by atoms with E-state index >= 15 is 0 Å². The van der Waals surface area contributed by atoms with Crippen LogP contribution in [0.2, 0.25) is 5.02 Å². The van der Waals surface area contributed by atoms with E-state index in [1.807, 2.05) is 25.7 Å². The number of nitrogens with one attached hydrogen (secondary N) is 1. The van der Waals surface area contributed by atoms with Crippen molar-refractivity contribution in [1.82, 2.24) is 10.2 Å². The second-order valence-corrected chi connectivity index (χ2v) is 7.79. The molecule has 6 nitrogen and oxygen atoms in total. The van der Waals surface area contributed by atoms with Crippen LogP contribution in [0.5, 0.6) is 5.75 Å². The lowest BCUT2D eigenvalue weighted by molar-refractivity contribution is -0.126. The first kappa shape index (κ1) is 18.8. The molecular weight excluding hydrogens is 354 g/mol. The molecule has 0 saturated carbocycles. The molecule has 0 aliphatic carbocycles. The fourth-order valence-corrected chi connectivity index (χ4v) is 3.66. The van der Waals surface area contributed by atoms with E-state index in [9.17, 15) is 9.59 Å². The number of rotatable bonds is 2. The zero-order valence-corrected chi connectivity index (χ0v) is 16.3. The Balaban J connectivity index is 1.68. The van der Waals surface area contributed by atoms with Gasteiger partial charge in [0.05, 0.1) is 12.2 Å². The van der Waals surface area contributed by atoms with Crippen molar-refractivity contribution in [3.63, 3.8) is 0 Å². The first-order valence-electron chi connectivity index (χ1n) is 9.18. The van der Waals surface area contributed by atoms with Crippen molar-refractivity contribution in [1.29, 1.82) is 0 Å². The Morgan fingerprint density at radius 3 is 2.62 bits per heavy atom. The number of carbonyl (C=O) groups is 2. The largest absolute Gasteiger partial charge is 0.487 e. The minimum absolute atomic E-state index is 0.0215. The van der Waals surface area contributed by atoms with Gasteiger partial charge in [0, 0.05) is 30.1 Å². The molecule has 0 unspecified atom stereocenters. The number of amides is 3. The summed E-state index contributed by atoms with van der Waals surface area (Å²) in [5, 5.41) is 3.53. The third kappa shape index (κ3) is 4.06. The lowest BCUT2D eigenvalue weighted by Gasteiger charge is -2.39. The number of urea groups is 1. The minimum atomic E-state index is -0.0815. The third-order valence-corrected chi connectivity index (χ3v) is 5.01. The van der Waals surface area contributed by atoms with Crippen molar-refractivity contribution in [2.75, 3.05) is 24.5 Å². The number of likely N-dealkylation sites (tertiary alicyclic amines) is 1. The minimum Gasteiger partial charge on any atom is -0.487 e. The van der Waals surface area contributed by atoms with Gasteiger partial charge in [-0.05, 0) is 51.8 Å². The first-order valence-corrected chi connectivity index (χ1v) is 9.56. The molecule has 2 aliphatic heterocycles. The van der Waals surface area contributed by atoms with Gasteiger partial charge in [0.15, 0.2) is 0 Å². The summed E-state index contributed by atoms with van der Waals surface area (Å²) in [6.45, 7) is 7.50. The summed E-state index contributed by atoms with van der Waals surface area (Å²) in [7, 11) is 0. The van der Waals surface area contributed by atoms with Crippen LogP contribution < -0.4 is 15.0 Å². The number of nitrogens with zero attached hydrogens (tertiary/aromatic N) is 2. The van der Waals surface area contributed by atoms with E-state index in [4.69, 9.17) is 16.3 Å². The van der Waals surface area contributed by atoms with Crippen LogP contribution in [0.3, 0.4) is 0 Å². The van der Waals surface area contributed by atoms with Crippen molar-refractivity contribution in [2.24, 2.45) is 5.92 Å². The summed E-state index contributed by atoms with van der Waals surface area (Å²) in [5.74, 6) is 0.740. The molecular formula is C19H26ClN3O3. The zero-order valence-electron chi connectivity index (χ0n) is 15.5. The van der Waals surface area contributed by atoms with E-state index in [1.165, 1.54) is 0 Å². The Kier molecular flexibility index (Phi) is 5.61. The van der Waals surface area contributed by atoms with Crippen molar-refractivity contribution < 1.29 is 14.3 Å². The van der Waals surface area contributed by atoms with Crippen LogP contribution in [-0.2, 0) is 4.79 Å². The molecule has 3 rings (SSSR count). The first-order chi connectivity index (χ1) is 12.3. The van der Waals surface area contributed by atoms with Crippen molar-refractivity contribution in [3.8, 4) is 5.75 Å². The molecule has 3 amide bonds. The summed E-state index contributed by atoms with van der Waals surface area (Å²) in [6, 6.07) is 5.42. The molecule has 1 saturated heterocycles. The molecule has 0 bridgehead atoms. The Morgan fingerprint density at radius 2 is 1.96 bits per heavy atom. The summed E-state index contributed by atoms with van der Waals surface area (Å²) in [6.07, 6.45) is 1.29. The summed E-state index contributed by atoms with van der Waals surface area (Å²) in [4.78, 5) is 28.8. The quantitative estimate of drug-likeness (QED) is 0.857. The fraction of sp³-hybridized carbons (Fsp3) is 0.579. The van der Waals surface area contributed by atoms with E-state index in [2.05, 4.69) is 5.32 Å². The molecule has 1 N–H and O–H groups in total. The Hall–Kier alpha value is -1.95. The number of ether oxygens (including phenoxy) is 1. The topological polar surface area (TPSA) is 61.9 Å². The highest BCUT2D eigenvalue weighted by Crippen LogP contribution is 2.36. The molecule has 1 aromatic carbocycles. The summed E-state index contributed by atoms with van der Waals surface area (Å²) in [5.41, 5.74) is 0.709. The number of carbonyl (C=O) groups excluding carboxylic acids is 2. The molecule has 0 radical (unpaired) electrons. The number of benzene rings is 1. The standard InChI is InChI=1S/C19H26ClN3O3/c1-12(2)21-18(24)14-6-8-22(9-7-14)19(25)23-11-13(3)26-17-5-4-15(20)10-16(17)23/h4-5,10,12-14H,6-9,11H2,1-3H3,(H,21,24)/t13-/m1/s1. The smallest absolute Gasteiger partial charge is 0.324 e. The average Bonchev–Trinajstić information content (AvgIpc) is 2.60. The van der Waals surface area contributed by atoms with Crippen molar-refractivity contribution in [3.05, 3.63) is 23.2 Å². The summed E-state index contributed by atoms with van der Waals surface area (Å²) >= 11 is 6.11. The number of anilines is 1. The zero-order chi connectivity index (χ0) is 18.8. The van der Waals surface area contributed by atoms with Crippen LogP contribution >= 0.6 is 11.6 Å².